The maximum Gasteiger partial charge on any atom is 0.200 e. The molecule has 1 aromatic carbocycles. The summed E-state index contributed by atoms with van der Waals surface area (Å²) in [7, 11) is 0. The van der Waals surface area contributed by atoms with Crippen molar-refractivity contribution in [2.24, 2.45) is 0 Å². The molecule has 10 heteroatoms. The molecule has 0 N–H and O–H groups in total. The molecule has 0 bridgehead atoms. The normalized spacial score (nSPS) is 11.3. The van der Waals surface area contributed by atoms with Crippen LogP contribution < -0.4 is 0 Å². The highest BCUT2D eigenvalue weighted by Gasteiger charge is 2.29. The van der Waals surface area contributed by atoms with Gasteiger partial charge in [-0.3, -0.25) is 9.38 Å². The van der Waals surface area contributed by atoms with Gasteiger partial charge in [-0.15, -0.1) is 10.2 Å². The first-order valence-electron chi connectivity index (χ1n) is 5.30. The van der Waals surface area contributed by atoms with E-state index in [9.17, 15) is 22.0 Å². The average Bonchev–Trinajstić information content (AvgIpc) is 2.89. The number of fused-ring (bicyclic) bond motifs is 1. The third kappa shape index (κ3) is 1.84. The van der Waals surface area contributed by atoms with E-state index in [0.717, 1.165) is 16.8 Å². The highest BCUT2D eigenvalue weighted by molar-refractivity contribution is 6.29. The molecule has 0 aliphatic heterocycles. The first-order chi connectivity index (χ1) is 9.93. The number of hydrogen-bond donors (Lipinski definition) is 0. The van der Waals surface area contributed by atoms with Gasteiger partial charge in [0.1, 0.15) is 5.15 Å². The van der Waals surface area contributed by atoms with Crippen LogP contribution in [-0.4, -0.2) is 19.6 Å². The lowest BCUT2D eigenvalue weighted by atomic mass is 10.1. The minimum atomic E-state index is -2.25. The molecule has 0 atom stereocenters. The lowest BCUT2D eigenvalue weighted by Crippen LogP contribution is -2.06. The molecule has 3 aromatic rings. The minimum absolute atomic E-state index is 0.0126. The highest BCUT2D eigenvalue weighted by Crippen LogP contribution is 2.31. The molecule has 0 saturated heterocycles. The fourth-order valence-electron chi connectivity index (χ4n) is 1.78. The van der Waals surface area contributed by atoms with Gasteiger partial charge in [0.05, 0.1) is 18.0 Å². The first-order valence-corrected chi connectivity index (χ1v) is 5.67. The molecule has 0 saturated carbocycles. The van der Waals surface area contributed by atoms with Crippen molar-refractivity contribution in [3.63, 3.8) is 0 Å². The Kier molecular flexibility index (Phi) is 3.01. The first kappa shape index (κ1) is 13.7. The van der Waals surface area contributed by atoms with Gasteiger partial charge in [0.2, 0.25) is 5.82 Å². The van der Waals surface area contributed by atoms with E-state index in [4.69, 9.17) is 11.6 Å². The largest absolute Gasteiger partial charge is 0.262 e. The molecule has 0 aliphatic rings. The molecule has 108 valence electrons. The van der Waals surface area contributed by atoms with Crippen LogP contribution in [0.25, 0.3) is 17.0 Å². The third-order valence-electron chi connectivity index (χ3n) is 2.71. The zero-order valence-electron chi connectivity index (χ0n) is 9.71. The van der Waals surface area contributed by atoms with Crippen LogP contribution in [0.2, 0.25) is 5.15 Å². The van der Waals surface area contributed by atoms with Crippen LogP contribution in [0.1, 0.15) is 0 Å². The maximum atomic E-state index is 13.8. The quantitative estimate of drug-likeness (QED) is 0.393. The van der Waals surface area contributed by atoms with Crippen LogP contribution in [0.3, 0.4) is 0 Å². The summed E-state index contributed by atoms with van der Waals surface area (Å²) in [4.78, 5) is 3.66. The minimum Gasteiger partial charge on any atom is -0.262 e. The monoisotopic (exact) mass is 320 g/mol. The van der Waals surface area contributed by atoms with E-state index in [-0.39, 0.29) is 10.8 Å². The SMILES string of the molecule is Fc1c(F)c(F)c(-c2nnc3cncc(Cl)n23)c(F)c1F. The Balaban J connectivity index is 2.45. The Morgan fingerprint density at radius 1 is 0.810 bits per heavy atom. The van der Waals surface area contributed by atoms with Gasteiger partial charge in [0.15, 0.2) is 34.7 Å². The predicted molar refractivity (Wildman–Crippen MR) is 61.0 cm³/mol. The zero-order valence-corrected chi connectivity index (χ0v) is 10.5. The van der Waals surface area contributed by atoms with Gasteiger partial charge >= 0.3 is 0 Å². The van der Waals surface area contributed by atoms with Crippen LogP contribution in [0.5, 0.6) is 0 Å². The van der Waals surface area contributed by atoms with Gasteiger partial charge in [-0.1, -0.05) is 11.6 Å². The molecular weight excluding hydrogens is 319 g/mol. The van der Waals surface area contributed by atoms with Crippen molar-refractivity contribution in [3.8, 4) is 11.4 Å². The smallest absolute Gasteiger partial charge is 0.200 e. The summed E-state index contributed by atoms with van der Waals surface area (Å²) in [5.41, 5.74) is -1.23. The zero-order chi connectivity index (χ0) is 15.3. The van der Waals surface area contributed by atoms with Gasteiger partial charge in [0.25, 0.3) is 0 Å². The van der Waals surface area contributed by atoms with Gasteiger partial charge in [0, 0.05) is 0 Å². The van der Waals surface area contributed by atoms with Crippen molar-refractivity contribution >= 4 is 17.2 Å². The molecule has 0 aliphatic carbocycles. The van der Waals surface area contributed by atoms with Crippen molar-refractivity contribution in [2.75, 3.05) is 0 Å². The molecule has 0 fully saturated rings. The summed E-state index contributed by atoms with van der Waals surface area (Å²) in [6, 6.07) is 0. The fraction of sp³-hybridized carbons (Fsp3) is 0. The topological polar surface area (TPSA) is 43.1 Å². The average molecular weight is 321 g/mol. The third-order valence-corrected chi connectivity index (χ3v) is 2.97. The second-order valence-electron chi connectivity index (χ2n) is 3.89. The summed E-state index contributed by atoms with van der Waals surface area (Å²) in [6.45, 7) is 0. The molecule has 0 unspecified atom stereocenters. The van der Waals surface area contributed by atoms with E-state index in [2.05, 4.69) is 15.2 Å². The number of halogens is 6. The summed E-state index contributed by atoms with van der Waals surface area (Å²) in [5.74, 6) is -11.1. The Bertz CT molecular complexity index is 850. The number of hydrogen-bond acceptors (Lipinski definition) is 3. The van der Waals surface area contributed by atoms with Crippen LogP contribution in [0, 0.1) is 29.1 Å². The predicted octanol–water partition coefficient (Wildman–Crippen LogP) is 3.14. The molecule has 0 radical (unpaired) electrons. The van der Waals surface area contributed by atoms with Crippen LogP contribution in [-0.2, 0) is 0 Å². The lowest BCUT2D eigenvalue weighted by molar-refractivity contribution is 0.380. The molecule has 21 heavy (non-hydrogen) atoms. The van der Waals surface area contributed by atoms with E-state index in [1.807, 2.05) is 0 Å². The van der Waals surface area contributed by atoms with E-state index < -0.39 is 40.5 Å². The number of benzene rings is 1. The van der Waals surface area contributed by atoms with Crippen molar-refractivity contribution in [1.29, 1.82) is 0 Å². The fourth-order valence-corrected chi connectivity index (χ4v) is 2.00. The number of rotatable bonds is 1. The Labute approximate surface area is 117 Å². The van der Waals surface area contributed by atoms with Gasteiger partial charge in [-0.05, 0) is 0 Å². The standard InChI is InChI=1S/C11H2ClF5N4/c12-3-1-18-2-4-19-20-11(21(3)4)5-6(13)8(15)10(17)9(16)7(5)14/h1-2H. The number of nitrogens with zero attached hydrogens (tertiary/aromatic N) is 4. The Hall–Kier alpha value is -2.29. The molecule has 4 nitrogen and oxygen atoms in total. The molecule has 0 spiro atoms. The summed E-state index contributed by atoms with van der Waals surface area (Å²) in [5, 5.41) is 6.77. The molecule has 2 aromatic heterocycles. The van der Waals surface area contributed by atoms with Gasteiger partial charge in [-0.25, -0.2) is 22.0 Å². The molecule has 3 rings (SSSR count). The van der Waals surface area contributed by atoms with Crippen LogP contribution >= 0.6 is 11.6 Å². The maximum absolute atomic E-state index is 13.8. The highest BCUT2D eigenvalue weighted by atomic mass is 35.5. The van der Waals surface area contributed by atoms with Crippen LogP contribution in [0.4, 0.5) is 22.0 Å². The second-order valence-corrected chi connectivity index (χ2v) is 4.28. The Morgan fingerprint density at radius 3 is 2.00 bits per heavy atom. The molecule has 0 amide bonds. The Morgan fingerprint density at radius 2 is 1.38 bits per heavy atom. The van der Waals surface area contributed by atoms with Gasteiger partial charge in [-0.2, -0.15) is 0 Å². The summed E-state index contributed by atoms with van der Waals surface area (Å²) < 4.78 is 67.9. The van der Waals surface area contributed by atoms with Crippen molar-refractivity contribution in [1.82, 2.24) is 19.6 Å². The van der Waals surface area contributed by atoms with Crippen molar-refractivity contribution < 1.29 is 22.0 Å². The van der Waals surface area contributed by atoms with Crippen molar-refractivity contribution in [2.45, 2.75) is 0 Å². The van der Waals surface area contributed by atoms with Crippen LogP contribution in [0.15, 0.2) is 12.4 Å². The van der Waals surface area contributed by atoms with E-state index in [1.165, 1.54) is 0 Å². The van der Waals surface area contributed by atoms with Gasteiger partial charge < -0.3 is 0 Å². The van der Waals surface area contributed by atoms with E-state index >= 15 is 0 Å². The van der Waals surface area contributed by atoms with E-state index in [1.54, 1.807) is 0 Å². The van der Waals surface area contributed by atoms with E-state index in [0.29, 0.717) is 0 Å². The molecular formula is C11H2ClF5N4. The molecule has 2 heterocycles. The van der Waals surface area contributed by atoms with Crippen molar-refractivity contribution in [3.05, 3.63) is 46.6 Å². The summed E-state index contributed by atoms with van der Waals surface area (Å²) >= 11 is 5.78. The second kappa shape index (κ2) is 4.62. The lowest BCUT2D eigenvalue weighted by Gasteiger charge is -2.07. The summed E-state index contributed by atoms with van der Waals surface area (Å²) in [6.07, 6.45) is 2.27. The number of aromatic nitrogens is 4.